The van der Waals surface area contributed by atoms with Crippen molar-refractivity contribution in [3.05, 3.63) is 50.5 Å². The second-order valence-corrected chi connectivity index (χ2v) is 9.23. The SMILES string of the molecule is CCN(CC)CCn1c2c(c(SCC(=O)Nc3ccc(Br)cc3)nc1=O)CCCC2. The van der Waals surface area contributed by atoms with Crippen LogP contribution in [0.4, 0.5) is 5.69 Å². The van der Waals surface area contributed by atoms with Crippen LogP contribution in [0.2, 0.25) is 0 Å². The number of benzene rings is 1. The van der Waals surface area contributed by atoms with Gasteiger partial charge in [-0.2, -0.15) is 4.98 Å². The van der Waals surface area contributed by atoms with E-state index < -0.39 is 0 Å². The maximum Gasteiger partial charge on any atom is 0.348 e. The summed E-state index contributed by atoms with van der Waals surface area (Å²) in [6, 6.07) is 7.48. The molecule has 0 atom stereocenters. The highest BCUT2D eigenvalue weighted by Gasteiger charge is 2.21. The van der Waals surface area contributed by atoms with E-state index in [2.05, 4.69) is 45.0 Å². The van der Waals surface area contributed by atoms with Crippen molar-refractivity contribution in [1.82, 2.24) is 14.5 Å². The maximum atomic E-state index is 12.8. The maximum absolute atomic E-state index is 12.8. The topological polar surface area (TPSA) is 67.2 Å². The Labute approximate surface area is 190 Å². The molecule has 0 saturated carbocycles. The Morgan fingerprint density at radius 1 is 1.20 bits per heavy atom. The van der Waals surface area contributed by atoms with Crippen molar-refractivity contribution in [2.75, 3.05) is 30.7 Å². The molecule has 1 aliphatic rings. The standard InChI is InChI=1S/C22H29BrN4O2S/c1-3-26(4-2)13-14-27-19-8-6-5-7-18(19)21(25-22(27)29)30-15-20(28)24-17-11-9-16(23)10-12-17/h9-12H,3-8,13-15H2,1-2H3,(H,24,28). The minimum atomic E-state index is -0.196. The average molecular weight is 493 g/mol. The van der Waals surface area contributed by atoms with Crippen LogP contribution >= 0.6 is 27.7 Å². The zero-order valence-corrected chi connectivity index (χ0v) is 20.0. The number of hydrogen-bond donors (Lipinski definition) is 1. The molecule has 0 bridgehead atoms. The lowest BCUT2D eigenvalue weighted by Crippen LogP contribution is -2.35. The minimum absolute atomic E-state index is 0.0978. The van der Waals surface area contributed by atoms with Gasteiger partial charge in [0.15, 0.2) is 0 Å². The van der Waals surface area contributed by atoms with E-state index in [4.69, 9.17) is 0 Å². The molecule has 30 heavy (non-hydrogen) atoms. The summed E-state index contributed by atoms with van der Waals surface area (Å²) in [6.45, 7) is 7.75. The Morgan fingerprint density at radius 2 is 1.90 bits per heavy atom. The van der Waals surface area contributed by atoms with Gasteiger partial charge >= 0.3 is 5.69 Å². The summed E-state index contributed by atoms with van der Waals surface area (Å²) in [7, 11) is 0. The molecule has 0 unspecified atom stereocenters. The number of likely N-dealkylation sites (N-methyl/N-ethyl adjacent to an activating group) is 1. The molecular formula is C22H29BrN4O2S. The lowest BCUT2D eigenvalue weighted by atomic mass is 9.97. The van der Waals surface area contributed by atoms with Crippen LogP contribution in [0.25, 0.3) is 0 Å². The molecule has 0 radical (unpaired) electrons. The van der Waals surface area contributed by atoms with Crippen LogP contribution in [-0.2, 0) is 24.2 Å². The third kappa shape index (κ3) is 5.95. The molecule has 8 heteroatoms. The molecular weight excluding hydrogens is 464 g/mol. The molecule has 1 aliphatic carbocycles. The van der Waals surface area contributed by atoms with E-state index in [0.29, 0.717) is 6.54 Å². The fraction of sp³-hybridized carbons (Fsp3) is 0.500. The van der Waals surface area contributed by atoms with Gasteiger partial charge in [0, 0.05) is 34.5 Å². The van der Waals surface area contributed by atoms with Crippen molar-refractivity contribution in [1.29, 1.82) is 0 Å². The van der Waals surface area contributed by atoms with Crippen LogP contribution in [0.5, 0.6) is 0 Å². The van der Waals surface area contributed by atoms with Crippen LogP contribution in [0, 0.1) is 0 Å². The number of amides is 1. The highest BCUT2D eigenvalue weighted by Crippen LogP contribution is 2.28. The van der Waals surface area contributed by atoms with Crippen LogP contribution in [0.3, 0.4) is 0 Å². The summed E-state index contributed by atoms with van der Waals surface area (Å²) < 4.78 is 2.82. The molecule has 6 nitrogen and oxygen atoms in total. The van der Waals surface area contributed by atoms with Crippen LogP contribution in [0.15, 0.2) is 38.6 Å². The van der Waals surface area contributed by atoms with E-state index in [9.17, 15) is 9.59 Å². The van der Waals surface area contributed by atoms with Crippen molar-refractivity contribution in [2.45, 2.75) is 51.1 Å². The molecule has 1 N–H and O–H groups in total. The molecule has 0 aliphatic heterocycles. The first-order valence-electron chi connectivity index (χ1n) is 10.5. The number of carbonyl (C=O) groups excluding carboxylic acids is 1. The van der Waals surface area contributed by atoms with Gasteiger partial charge in [-0.25, -0.2) is 4.79 Å². The number of carbonyl (C=O) groups is 1. The molecule has 1 aromatic heterocycles. The fourth-order valence-corrected chi connectivity index (χ4v) is 4.88. The number of anilines is 1. The molecule has 0 saturated heterocycles. The van der Waals surface area contributed by atoms with Gasteiger partial charge in [0.05, 0.1) is 5.75 Å². The third-order valence-corrected chi connectivity index (χ3v) is 7.00. The van der Waals surface area contributed by atoms with Crippen LogP contribution in [-0.4, -0.2) is 45.7 Å². The average Bonchev–Trinajstić information content (AvgIpc) is 2.76. The van der Waals surface area contributed by atoms with E-state index in [1.807, 2.05) is 28.8 Å². The van der Waals surface area contributed by atoms with Crippen LogP contribution in [0.1, 0.15) is 37.9 Å². The second-order valence-electron chi connectivity index (χ2n) is 7.35. The van der Waals surface area contributed by atoms with E-state index in [1.54, 1.807) is 0 Å². The van der Waals surface area contributed by atoms with Gasteiger partial charge < -0.3 is 10.2 Å². The number of thioether (sulfide) groups is 1. The monoisotopic (exact) mass is 492 g/mol. The Balaban J connectivity index is 1.72. The van der Waals surface area contributed by atoms with E-state index >= 15 is 0 Å². The molecule has 3 rings (SSSR count). The highest BCUT2D eigenvalue weighted by atomic mass is 79.9. The number of halogens is 1. The molecule has 0 fully saturated rings. The summed E-state index contributed by atoms with van der Waals surface area (Å²) in [5, 5.41) is 3.62. The smallest absolute Gasteiger partial charge is 0.325 e. The van der Waals surface area contributed by atoms with Crippen LogP contribution < -0.4 is 11.0 Å². The predicted octanol–water partition coefficient (Wildman–Crippen LogP) is 3.96. The van der Waals surface area contributed by atoms with Crippen molar-refractivity contribution in [2.24, 2.45) is 0 Å². The van der Waals surface area contributed by atoms with Crippen molar-refractivity contribution in [3.63, 3.8) is 0 Å². The predicted molar refractivity (Wildman–Crippen MR) is 126 cm³/mol. The van der Waals surface area contributed by atoms with E-state index in [1.165, 1.54) is 11.8 Å². The normalized spacial score (nSPS) is 13.3. The number of rotatable bonds is 9. The number of hydrogen-bond acceptors (Lipinski definition) is 5. The fourth-order valence-electron chi connectivity index (χ4n) is 3.74. The summed E-state index contributed by atoms with van der Waals surface area (Å²) in [4.78, 5) is 31.8. The minimum Gasteiger partial charge on any atom is -0.325 e. The van der Waals surface area contributed by atoms with Crippen molar-refractivity contribution >= 4 is 39.3 Å². The summed E-state index contributed by atoms with van der Waals surface area (Å²) >= 11 is 4.75. The number of aromatic nitrogens is 2. The molecule has 2 aromatic rings. The first-order chi connectivity index (χ1) is 14.5. The molecule has 162 valence electrons. The van der Waals surface area contributed by atoms with Crippen molar-refractivity contribution in [3.8, 4) is 0 Å². The zero-order valence-electron chi connectivity index (χ0n) is 17.6. The van der Waals surface area contributed by atoms with Gasteiger partial charge in [0.2, 0.25) is 5.91 Å². The lowest BCUT2D eigenvalue weighted by Gasteiger charge is -2.24. The first-order valence-corrected chi connectivity index (χ1v) is 12.3. The first kappa shape index (κ1) is 23.0. The number of fused-ring (bicyclic) bond motifs is 1. The van der Waals surface area contributed by atoms with Gasteiger partial charge in [-0.1, -0.05) is 41.5 Å². The Morgan fingerprint density at radius 3 is 2.60 bits per heavy atom. The molecule has 1 heterocycles. The van der Waals surface area contributed by atoms with E-state index in [-0.39, 0.29) is 17.3 Å². The van der Waals surface area contributed by atoms with Gasteiger partial charge in [0.1, 0.15) is 5.03 Å². The van der Waals surface area contributed by atoms with Gasteiger partial charge in [-0.15, -0.1) is 0 Å². The quantitative estimate of drug-likeness (QED) is 0.423. The summed E-state index contributed by atoms with van der Waals surface area (Å²) in [5.41, 5.74) is 2.83. The zero-order chi connectivity index (χ0) is 21.5. The van der Waals surface area contributed by atoms with Gasteiger partial charge in [0.25, 0.3) is 0 Å². The Hall–Kier alpha value is -1.64. The van der Waals surface area contributed by atoms with Gasteiger partial charge in [-0.3, -0.25) is 9.36 Å². The summed E-state index contributed by atoms with van der Waals surface area (Å²) in [6.07, 6.45) is 4.02. The Bertz CT molecular complexity index is 926. The Kier molecular flexibility index (Phi) is 8.53. The number of nitrogens with one attached hydrogen (secondary N) is 1. The highest BCUT2D eigenvalue weighted by molar-refractivity contribution is 9.10. The molecule has 1 aromatic carbocycles. The lowest BCUT2D eigenvalue weighted by molar-refractivity contribution is -0.113. The largest absolute Gasteiger partial charge is 0.348 e. The van der Waals surface area contributed by atoms with Crippen molar-refractivity contribution < 1.29 is 4.79 Å². The van der Waals surface area contributed by atoms with Gasteiger partial charge in [-0.05, 0) is 63.0 Å². The summed E-state index contributed by atoms with van der Waals surface area (Å²) in [5.74, 6) is 0.137. The molecule has 0 spiro atoms. The third-order valence-electron chi connectivity index (χ3n) is 5.45. The molecule has 1 amide bonds. The number of nitrogens with zero attached hydrogens (tertiary/aromatic N) is 3. The second kappa shape index (κ2) is 11.1. The van der Waals surface area contributed by atoms with E-state index in [0.717, 1.165) is 71.8 Å².